The number of benzene rings is 2. The van der Waals surface area contributed by atoms with Crippen LogP contribution < -0.4 is 24.3 Å². The van der Waals surface area contributed by atoms with Crippen LogP contribution in [-0.2, 0) is 4.79 Å². The number of nitrogens with one attached hydrogen (secondary N) is 1. The highest BCUT2D eigenvalue weighted by molar-refractivity contribution is 6.14. The van der Waals surface area contributed by atoms with Gasteiger partial charge in [-0.25, -0.2) is 4.98 Å². The molecule has 1 aliphatic heterocycles. The van der Waals surface area contributed by atoms with E-state index in [0.717, 1.165) is 0 Å². The lowest BCUT2D eigenvalue weighted by Gasteiger charge is -2.08. The maximum atomic E-state index is 12.7. The number of fused-ring (bicyclic) bond motifs is 1. The Morgan fingerprint density at radius 2 is 1.91 bits per heavy atom. The molecule has 0 bridgehead atoms. The molecule has 0 fully saturated rings. The van der Waals surface area contributed by atoms with Gasteiger partial charge in [-0.1, -0.05) is 6.07 Å². The van der Waals surface area contributed by atoms with E-state index < -0.39 is 0 Å². The molecule has 0 aliphatic carbocycles. The molecule has 3 aromatic rings. The van der Waals surface area contributed by atoms with Gasteiger partial charge < -0.3 is 24.3 Å². The molecule has 0 unspecified atom stereocenters. The molecule has 2 heterocycles. The molecule has 1 aromatic heterocycles. The Hall–Kier alpha value is -4.33. The lowest BCUT2D eigenvalue weighted by atomic mass is 10.1. The fraction of sp³-hybridized carbons (Fsp3) is 0.125. The average Bonchev–Trinajstić information content (AvgIpc) is 3.13. The van der Waals surface area contributed by atoms with Crippen LogP contribution >= 0.6 is 0 Å². The lowest BCUT2D eigenvalue weighted by Crippen LogP contribution is -2.20. The predicted molar refractivity (Wildman–Crippen MR) is 117 cm³/mol. The van der Waals surface area contributed by atoms with Gasteiger partial charge in [-0.2, -0.15) is 0 Å². The number of pyridine rings is 1. The van der Waals surface area contributed by atoms with Gasteiger partial charge in [0.15, 0.2) is 12.4 Å². The van der Waals surface area contributed by atoms with Crippen molar-refractivity contribution >= 4 is 23.6 Å². The molecule has 162 valence electrons. The van der Waals surface area contributed by atoms with E-state index in [0.29, 0.717) is 39.9 Å². The first kappa shape index (κ1) is 20.9. The number of Topliss-reactive ketones (excluding diaryl/α,β-unsaturated/α-hetero) is 1. The van der Waals surface area contributed by atoms with Crippen molar-refractivity contribution < 1.29 is 28.5 Å². The fourth-order valence-corrected chi connectivity index (χ4v) is 3.10. The highest BCUT2D eigenvalue weighted by Crippen LogP contribution is 2.36. The summed E-state index contributed by atoms with van der Waals surface area (Å²) >= 11 is 0. The minimum absolute atomic E-state index is 0.161. The van der Waals surface area contributed by atoms with Crippen LogP contribution in [0.15, 0.2) is 66.6 Å². The first-order chi connectivity index (χ1) is 15.6. The number of ketones is 1. The highest BCUT2D eigenvalue weighted by Gasteiger charge is 2.28. The number of aromatic nitrogens is 1. The molecule has 1 N–H and O–H groups in total. The first-order valence-electron chi connectivity index (χ1n) is 9.71. The number of hydrogen-bond acceptors (Lipinski definition) is 7. The predicted octanol–water partition coefficient (Wildman–Crippen LogP) is 3.73. The van der Waals surface area contributed by atoms with Crippen molar-refractivity contribution in [3.63, 3.8) is 0 Å². The molecule has 4 rings (SSSR count). The zero-order valence-electron chi connectivity index (χ0n) is 17.5. The summed E-state index contributed by atoms with van der Waals surface area (Å²) in [4.78, 5) is 28.8. The molecule has 32 heavy (non-hydrogen) atoms. The van der Waals surface area contributed by atoms with Crippen LogP contribution in [0.2, 0.25) is 0 Å². The van der Waals surface area contributed by atoms with Crippen LogP contribution in [0.5, 0.6) is 23.0 Å². The second-order valence-electron chi connectivity index (χ2n) is 6.76. The van der Waals surface area contributed by atoms with Gasteiger partial charge in [0.1, 0.15) is 28.8 Å². The molecule has 0 saturated carbocycles. The Morgan fingerprint density at radius 3 is 2.66 bits per heavy atom. The molecule has 1 aliphatic rings. The Morgan fingerprint density at radius 1 is 1.06 bits per heavy atom. The Bertz CT molecular complexity index is 1190. The number of carbonyl (C=O) groups is 2. The van der Waals surface area contributed by atoms with Gasteiger partial charge >= 0.3 is 0 Å². The van der Waals surface area contributed by atoms with Crippen molar-refractivity contribution in [1.29, 1.82) is 0 Å². The minimum Gasteiger partial charge on any atom is -0.497 e. The molecule has 1 amide bonds. The van der Waals surface area contributed by atoms with Gasteiger partial charge in [-0.15, -0.1) is 0 Å². The standard InChI is InChI=1S/C24H20N2O6/c1-29-16-7-6-15(19(12-16)30-2)11-21-24(28)18-9-8-17(13-20(18)32-21)31-14-23(27)26-22-5-3-4-10-25-22/h3-13H,14H2,1-2H3,(H,25,26,27). The number of anilines is 1. The number of amides is 1. The molecule has 8 heteroatoms. The van der Waals surface area contributed by atoms with Crippen LogP contribution in [-0.4, -0.2) is 37.5 Å². The van der Waals surface area contributed by atoms with Gasteiger partial charge in [0.05, 0.1) is 19.8 Å². The van der Waals surface area contributed by atoms with Crippen LogP contribution in [0, 0.1) is 0 Å². The van der Waals surface area contributed by atoms with Crippen molar-refractivity contribution in [2.24, 2.45) is 0 Å². The largest absolute Gasteiger partial charge is 0.497 e. The Labute approximate surface area is 184 Å². The molecule has 2 aromatic carbocycles. The maximum Gasteiger partial charge on any atom is 0.263 e. The number of ether oxygens (including phenoxy) is 4. The molecule has 0 spiro atoms. The smallest absolute Gasteiger partial charge is 0.263 e. The third-order valence-corrected chi connectivity index (χ3v) is 4.67. The number of nitrogens with zero attached hydrogens (tertiary/aromatic N) is 1. The summed E-state index contributed by atoms with van der Waals surface area (Å²) in [5.41, 5.74) is 1.08. The SMILES string of the molecule is COc1ccc(C=C2Oc3cc(OCC(=O)Nc4ccccn4)ccc3C2=O)c(OC)c1. The third kappa shape index (κ3) is 4.54. The van der Waals surface area contributed by atoms with Crippen molar-refractivity contribution in [2.45, 2.75) is 0 Å². The monoisotopic (exact) mass is 432 g/mol. The minimum atomic E-state index is -0.353. The van der Waals surface area contributed by atoms with Crippen molar-refractivity contribution in [3.8, 4) is 23.0 Å². The van der Waals surface area contributed by atoms with E-state index in [9.17, 15) is 9.59 Å². The van der Waals surface area contributed by atoms with Crippen LogP contribution in [0.1, 0.15) is 15.9 Å². The number of carbonyl (C=O) groups excluding carboxylic acids is 2. The Kier molecular flexibility index (Phi) is 6.03. The van der Waals surface area contributed by atoms with Gasteiger partial charge in [-0.05, 0) is 42.5 Å². The molecular formula is C24H20N2O6. The second-order valence-corrected chi connectivity index (χ2v) is 6.76. The Balaban J connectivity index is 1.45. The quantitative estimate of drug-likeness (QED) is 0.568. The van der Waals surface area contributed by atoms with Crippen molar-refractivity contribution in [3.05, 3.63) is 77.7 Å². The van der Waals surface area contributed by atoms with E-state index in [4.69, 9.17) is 18.9 Å². The summed E-state index contributed by atoms with van der Waals surface area (Å²) in [6, 6.07) is 15.3. The van der Waals surface area contributed by atoms with Crippen molar-refractivity contribution in [2.75, 3.05) is 26.1 Å². The summed E-state index contributed by atoms with van der Waals surface area (Å²) in [5.74, 6) is 1.94. The molecule has 0 radical (unpaired) electrons. The molecule has 0 atom stereocenters. The number of hydrogen-bond donors (Lipinski definition) is 1. The van der Waals surface area contributed by atoms with E-state index in [-0.39, 0.29) is 24.1 Å². The third-order valence-electron chi connectivity index (χ3n) is 4.67. The second kappa shape index (κ2) is 9.22. The molecule has 8 nitrogen and oxygen atoms in total. The summed E-state index contributed by atoms with van der Waals surface area (Å²) in [5, 5.41) is 2.63. The van der Waals surface area contributed by atoms with E-state index >= 15 is 0 Å². The number of methoxy groups -OCH3 is 2. The number of rotatable bonds is 7. The van der Waals surface area contributed by atoms with E-state index in [1.165, 1.54) is 7.11 Å². The summed E-state index contributed by atoms with van der Waals surface area (Å²) < 4.78 is 21.9. The van der Waals surface area contributed by atoms with Crippen LogP contribution in [0.25, 0.3) is 6.08 Å². The van der Waals surface area contributed by atoms with Gasteiger partial charge in [0, 0.05) is 23.9 Å². The first-order valence-corrected chi connectivity index (χ1v) is 9.71. The summed E-state index contributed by atoms with van der Waals surface area (Å²) in [6.07, 6.45) is 3.19. The molecular weight excluding hydrogens is 412 g/mol. The summed E-state index contributed by atoms with van der Waals surface area (Å²) in [7, 11) is 3.10. The highest BCUT2D eigenvalue weighted by atomic mass is 16.5. The normalized spacial score (nSPS) is 13.3. The number of allylic oxidation sites excluding steroid dienone is 1. The van der Waals surface area contributed by atoms with Gasteiger partial charge in [-0.3, -0.25) is 9.59 Å². The fourth-order valence-electron chi connectivity index (χ4n) is 3.10. The van der Waals surface area contributed by atoms with E-state index in [2.05, 4.69) is 10.3 Å². The van der Waals surface area contributed by atoms with Gasteiger partial charge in [0.25, 0.3) is 5.91 Å². The van der Waals surface area contributed by atoms with Crippen LogP contribution in [0.4, 0.5) is 5.82 Å². The zero-order chi connectivity index (χ0) is 22.5. The summed E-state index contributed by atoms with van der Waals surface area (Å²) in [6.45, 7) is -0.213. The van der Waals surface area contributed by atoms with Gasteiger partial charge in [0.2, 0.25) is 5.78 Å². The zero-order valence-corrected chi connectivity index (χ0v) is 17.5. The topological polar surface area (TPSA) is 96.0 Å². The van der Waals surface area contributed by atoms with Crippen LogP contribution in [0.3, 0.4) is 0 Å². The van der Waals surface area contributed by atoms with Crippen molar-refractivity contribution in [1.82, 2.24) is 4.98 Å². The maximum absolute atomic E-state index is 12.7. The van der Waals surface area contributed by atoms with E-state index in [1.807, 2.05) is 0 Å². The average molecular weight is 432 g/mol. The lowest BCUT2D eigenvalue weighted by molar-refractivity contribution is -0.118. The van der Waals surface area contributed by atoms with E-state index in [1.54, 1.807) is 74.0 Å². The molecule has 0 saturated heterocycles.